The maximum atomic E-state index is 12.3. The minimum atomic E-state index is -0.434. The van der Waals surface area contributed by atoms with E-state index in [-0.39, 0.29) is 19.1 Å². The van der Waals surface area contributed by atoms with Crippen LogP contribution in [0.25, 0.3) is 0 Å². The van der Waals surface area contributed by atoms with Crippen LogP contribution in [0.5, 0.6) is 5.75 Å². The molecule has 0 aliphatic heterocycles. The van der Waals surface area contributed by atoms with Crippen molar-refractivity contribution in [2.75, 3.05) is 18.5 Å². The zero-order valence-electron chi connectivity index (χ0n) is 15.9. The second-order valence-electron chi connectivity index (χ2n) is 6.21. The van der Waals surface area contributed by atoms with E-state index < -0.39 is 5.97 Å². The van der Waals surface area contributed by atoms with E-state index in [0.29, 0.717) is 22.2 Å². The molecule has 1 amide bonds. The van der Waals surface area contributed by atoms with Gasteiger partial charge in [-0.3, -0.25) is 4.79 Å². The van der Waals surface area contributed by atoms with Gasteiger partial charge in [0.2, 0.25) is 0 Å². The predicted molar refractivity (Wildman–Crippen MR) is 112 cm³/mol. The molecule has 0 aliphatic rings. The van der Waals surface area contributed by atoms with Crippen LogP contribution in [0.4, 0.5) is 5.00 Å². The van der Waals surface area contributed by atoms with Gasteiger partial charge in [-0.1, -0.05) is 26.8 Å². The standard InChI is InChI=1S/C20H24BrNO4S/c1-5-14-10-15(20(24)25-6-2)19(27-14)22-18(23)11-26-17-8-7-13(12(3)4)9-16(17)21/h7-10,12H,5-6,11H2,1-4H3,(H,22,23). The van der Waals surface area contributed by atoms with E-state index in [1.807, 2.05) is 25.1 Å². The molecule has 1 aromatic carbocycles. The van der Waals surface area contributed by atoms with Crippen LogP contribution >= 0.6 is 27.3 Å². The monoisotopic (exact) mass is 453 g/mol. The predicted octanol–water partition coefficient (Wildman–Crippen LogP) is 5.39. The number of amides is 1. The first-order valence-corrected chi connectivity index (χ1v) is 10.5. The van der Waals surface area contributed by atoms with Crippen molar-refractivity contribution in [1.29, 1.82) is 0 Å². The second kappa shape index (κ2) is 9.90. The van der Waals surface area contributed by atoms with Crippen molar-refractivity contribution in [1.82, 2.24) is 0 Å². The summed E-state index contributed by atoms with van der Waals surface area (Å²) in [6, 6.07) is 7.58. The number of carbonyl (C=O) groups is 2. The Hall–Kier alpha value is -1.86. The highest BCUT2D eigenvalue weighted by molar-refractivity contribution is 9.10. The summed E-state index contributed by atoms with van der Waals surface area (Å²) in [6.45, 7) is 8.10. The van der Waals surface area contributed by atoms with E-state index in [2.05, 4.69) is 35.1 Å². The minimum absolute atomic E-state index is 0.152. The summed E-state index contributed by atoms with van der Waals surface area (Å²) in [5.41, 5.74) is 1.57. The Morgan fingerprint density at radius 2 is 1.96 bits per heavy atom. The fourth-order valence-electron chi connectivity index (χ4n) is 2.37. The number of carbonyl (C=O) groups excluding carboxylic acids is 2. The highest BCUT2D eigenvalue weighted by Gasteiger charge is 2.19. The van der Waals surface area contributed by atoms with Gasteiger partial charge in [0.1, 0.15) is 10.8 Å². The molecular formula is C20H24BrNO4S. The zero-order valence-corrected chi connectivity index (χ0v) is 18.3. The van der Waals surface area contributed by atoms with Crippen LogP contribution in [0.1, 0.15) is 54.4 Å². The molecule has 7 heteroatoms. The summed E-state index contributed by atoms with van der Waals surface area (Å²) in [5, 5.41) is 3.26. The van der Waals surface area contributed by atoms with Crippen molar-refractivity contribution in [3.8, 4) is 5.75 Å². The third kappa shape index (κ3) is 5.81. The molecule has 0 atom stereocenters. The molecule has 1 heterocycles. The first-order valence-electron chi connectivity index (χ1n) is 8.87. The van der Waals surface area contributed by atoms with Gasteiger partial charge in [0.15, 0.2) is 6.61 Å². The van der Waals surface area contributed by atoms with Gasteiger partial charge in [-0.2, -0.15) is 0 Å². The quantitative estimate of drug-likeness (QED) is 0.544. The summed E-state index contributed by atoms with van der Waals surface area (Å²) < 4.78 is 11.5. The second-order valence-corrected chi connectivity index (χ2v) is 8.20. The molecule has 5 nitrogen and oxygen atoms in total. The third-order valence-corrected chi connectivity index (χ3v) is 5.68. The Morgan fingerprint density at radius 3 is 2.56 bits per heavy atom. The van der Waals surface area contributed by atoms with Crippen LogP contribution in [0.15, 0.2) is 28.7 Å². The summed E-state index contributed by atoms with van der Waals surface area (Å²) in [7, 11) is 0. The van der Waals surface area contributed by atoms with E-state index in [1.165, 1.54) is 16.9 Å². The average molecular weight is 454 g/mol. The smallest absolute Gasteiger partial charge is 0.341 e. The number of esters is 1. The lowest BCUT2D eigenvalue weighted by atomic mass is 10.0. The molecule has 1 aromatic heterocycles. The van der Waals surface area contributed by atoms with Gasteiger partial charge < -0.3 is 14.8 Å². The molecule has 0 spiro atoms. The number of nitrogens with one attached hydrogen (secondary N) is 1. The number of ether oxygens (including phenoxy) is 2. The lowest BCUT2D eigenvalue weighted by molar-refractivity contribution is -0.118. The van der Waals surface area contributed by atoms with Gasteiger partial charge in [0, 0.05) is 4.88 Å². The Kier molecular flexibility index (Phi) is 7.86. The Labute approximate surface area is 172 Å². The van der Waals surface area contributed by atoms with E-state index in [1.54, 1.807) is 13.0 Å². The molecule has 2 aromatic rings. The lowest BCUT2D eigenvalue weighted by Crippen LogP contribution is -2.21. The summed E-state index contributed by atoms with van der Waals surface area (Å²) >= 11 is 4.85. The number of benzene rings is 1. The van der Waals surface area contributed by atoms with Gasteiger partial charge in [0.25, 0.3) is 5.91 Å². The fourth-order valence-corrected chi connectivity index (χ4v) is 3.88. The fraction of sp³-hybridized carbons (Fsp3) is 0.400. The molecule has 0 bridgehead atoms. The van der Waals surface area contributed by atoms with Crippen LogP contribution in [-0.4, -0.2) is 25.1 Å². The largest absolute Gasteiger partial charge is 0.483 e. The van der Waals surface area contributed by atoms with Gasteiger partial charge in [-0.15, -0.1) is 11.3 Å². The van der Waals surface area contributed by atoms with Gasteiger partial charge >= 0.3 is 5.97 Å². The Bertz CT molecular complexity index is 816. The van der Waals surface area contributed by atoms with Crippen molar-refractivity contribution in [3.63, 3.8) is 0 Å². The van der Waals surface area contributed by atoms with Crippen LogP contribution < -0.4 is 10.1 Å². The Balaban J connectivity index is 2.04. The first kappa shape index (κ1) is 21.4. The minimum Gasteiger partial charge on any atom is -0.483 e. The van der Waals surface area contributed by atoms with Crippen LogP contribution in [-0.2, 0) is 16.0 Å². The SMILES string of the molecule is CCOC(=O)c1cc(CC)sc1NC(=O)COc1ccc(C(C)C)cc1Br. The topological polar surface area (TPSA) is 64.6 Å². The third-order valence-electron chi connectivity index (χ3n) is 3.86. The molecule has 0 unspecified atom stereocenters. The van der Waals surface area contributed by atoms with E-state index >= 15 is 0 Å². The van der Waals surface area contributed by atoms with Gasteiger partial charge in [-0.05, 0) is 59.0 Å². The molecule has 2 rings (SSSR count). The molecule has 1 N–H and O–H groups in total. The maximum Gasteiger partial charge on any atom is 0.341 e. The normalized spacial score (nSPS) is 10.7. The van der Waals surface area contributed by atoms with Crippen molar-refractivity contribution in [2.24, 2.45) is 0 Å². The van der Waals surface area contributed by atoms with E-state index in [0.717, 1.165) is 15.8 Å². The van der Waals surface area contributed by atoms with Crippen LogP contribution in [0.3, 0.4) is 0 Å². The molecule has 27 heavy (non-hydrogen) atoms. The zero-order chi connectivity index (χ0) is 20.0. The van der Waals surface area contributed by atoms with Crippen molar-refractivity contribution >= 4 is 44.1 Å². The van der Waals surface area contributed by atoms with Crippen molar-refractivity contribution in [2.45, 2.75) is 40.0 Å². The molecule has 0 saturated carbocycles. The van der Waals surface area contributed by atoms with E-state index in [4.69, 9.17) is 9.47 Å². The lowest BCUT2D eigenvalue weighted by Gasteiger charge is -2.11. The summed E-state index contributed by atoms with van der Waals surface area (Å²) in [4.78, 5) is 25.4. The van der Waals surface area contributed by atoms with E-state index in [9.17, 15) is 9.59 Å². The number of halogens is 1. The average Bonchev–Trinajstić information content (AvgIpc) is 3.03. The molecule has 146 valence electrons. The highest BCUT2D eigenvalue weighted by atomic mass is 79.9. The molecule has 0 radical (unpaired) electrons. The number of hydrogen-bond donors (Lipinski definition) is 1. The number of rotatable bonds is 8. The van der Waals surface area contributed by atoms with Crippen molar-refractivity contribution < 1.29 is 19.1 Å². The van der Waals surface area contributed by atoms with Crippen molar-refractivity contribution in [3.05, 3.63) is 44.7 Å². The molecular weight excluding hydrogens is 430 g/mol. The number of hydrogen-bond acceptors (Lipinski definition) is 5. The number of aryl methyl sites for hydroxylation is 1. The maximum absolute atomic E-state index is 12.3. The Morgan fingerprint density at radius 1 is 1.22 bits per heavy atom. The summed E-state index contributed by atoms with van der Waals surface area (Å²) in [6.07, 6.45) is 0.776. The number of thiophene rings is 1. The van der Waals surface area contributed by atoms with Crippen LogP contribution in [0, 0.1) is 0 Å². The highest BCUT2D eigenvalue weighted by Crippen LogP contribution is 2.30. The summed E-state index contributed by atoms with van der Waals surface area (Å²) in [5.74, 6) is 0.244. The van der Waals surface area contributed by atoms with Crippen LogP contribution in [0.2, 0.25) is 0 Å². The molecule has 0 fully saturated rings. The van der Waals surface area contributed by atoms with Gasteiger partial charge in [-0.25, -0.2) is 4.79 Å². The molecule has 0 aliphatic carbocycles. The first-order chi connectivity index (χ1) is 12.8. The number of anilines is 1. The molecule has 0 saturated heterocycles. The van der Waals surface area contributed by atoms with Gasteiger partial charge in [0.05, 0.1) is 16.6 Å².